The van der Waals surface area contributed by atoms with E-state index >= 15 is 0 Å². The average molecular weight is 200 g/mol. The molecule has 0 saturated heterocycles. The van der Waals surface area contributed by atoms with Crippen molar-refractivity contribution in [3.8, 4) is 0 Å². The molecule has 2 N–H and O–H groups in total. The van der Waals surface area contributed by atoms with Crippen molar-refractivity contribution in [2.45, 2.75) is 0 Å². The number of amides is 1. The molecule has 0 bridgehead atoms. The summed E-state index contributed by atoms with van der Waals surface area (Å²) in [6.07, 6.45) is 0.306. The van der Waals surface area contributed by atoms with Gasteiger partial charge in [0.05, 0.1) is 12.4 Å². The van der Waals surface area contributed by atoms with Crippen LogP contribution in [0.4, 0.5) is 0 Å². The Kier molecular flexibility index (Phi) is 5.20. The van der Waals surface area contributed by atoms with Gasteiger partial charge < -0.3 is 0 Å². The smallest absolute Gasteiger partial charge is 0.230 e. The molecule has 0 radical (unpaired) electrons. The highest BCUT2D eigenvalue weighted by molar-refractivity contribution is 8.00. The second kappa shape index (κ2) is 5.35. The fourth-order valence-corrected chi connectivity index (χ4v) is 0.958. The van der Waals surface area contributed by atoms with Crippen molar-refractivity contribution in [2.75, 3.05) is 12.4 Å². The number of hydrogen-bond acceptors (Lipinski definition) is 5. The summed E-state index contributed by atoms with van der Waals surface area (Å²) >= 11 is 3.34. The number of rotatable bonds is 6. The third-order valence-corrected chi connectivity index (χ3v) is 2.54. The van der Waals surface area contributed by atoms with Gasteiger partial charge in [-0.1, -0.05) is 12.8 Å². The first-order chi connectivity index (χ1) is 5.12. The van der Waals surface area contributed by atoms with Gasteiger partial charge in [-0.2, -0.15) is 4.13 Å². The van der Waals surface area contributed by atoms with Crippen molar-refractivity contribution in [1.29, 1.82) is 0 Å². The van der Waals surface area contributed by atoms with E-state index in [-0.39, 0.29) is 12.4 Å². The number of carbonyl (C=O) groups is 1. The number of hydroxylamine groups is 1. The monoisotopic (exact) mass is 200 g/mol. The number of sulfonamides is 1. The largest absolute Gasteiger partial charge is 0.277 e. The zero-order chi connectivity index (χ0) is 8.74. The van der Waals surface area contributed by atoms with Gasteiger partial charge in [0.2, 0.25) is 16.4 Å². The van der Waals surface area contributed by atoms with Crippen LogP contribution in [0.1, 0.15) is 0 Å². The Morgan fingerprint density at radius 3 is 2.64 bits per heavy atom. The molecule has 66 valence electrons. The van der Waals surface area contributed by atoms with Gasteiger partial charge in [0, 0.05) is 0 Å². The quantitative estimate of drug-likeness (QED) is 0.209. The molecule has 11 heavy (non-hydrogen) atoms. The second-order valence-electron chi connectivity index (χ2n) is 1.49. The molecule has 0 aliphatic carbocycles. The van der Waals surface area contributed by atoms with E-state index in [0.717, 1.165) is 0 Å². The third kappa shape index (κ3) is 6.10. The van der Waals surface area contributed by atoms with E-state index in [2.05, 4.69) is 17.7 Å². The molecule has 0 fully saturated rings. The average Bonchev–Trinajstić information content (AvgIpc) is 1.99. The molecule has 0 spiro atoms. The predicted octanol–water partition coefficient (Wildman–Crippen LogP) is -1.57. The lowest BCUT2D eigenvalue weighted by Gasteiger charge is -2.00. The molecule has 0 rings (SSSR count). The molecule has 0 aliphatic rings. The molecule has 0 saturated carbocycles. The highest BCUT2D eigenvalue weighted by Crippen LogP contribution is 1.84. The fourth-order valence-electron chi connectivity index (χ4n) is 0.290. The van der Waals surface area contributed by atoms with Crippen LogP contribution < -0.4 is 9.61 Å². The summed E-state index contributed by atoms with van der Waals surface area (Å²) in [6.45, 7) is -0.116. The van der Waals surface area contributed by atoms with Crippen LogP contribution in [-0.2, 0) is 19.7 Å². The summed E-state index contributed by atoms with van der Waals surface area (Å²) < 4.78 is 22.9. The second-order valence-corrected chi connectivity index (χ2v) is 3.86. The topological polar surface area (TPSA) is 84.5 Å². The molecule has 0 aromatic rings. The van der Waals surface area contributed by atoms with Crippen molar-refractivity contribution < 1.29 is 18.0 Å². The molecule has 0 aromatic heterocycles. The van der Waals surface area contributed by atoms with Crippen LogP contribution in [0.25, 0.3) is 0 Å². The highest BCUT2D eigenvalue weighted by atomic mass is 32.3. The van der Waals surface area contributed by atoms with Gasteiger partial charge in [-0.05, 0) is 0 Å². The van der Waals surface area contributed by atoms with Crippen molar-refractivity contribution in [3.63, 3.8) is 0 Å². The molecule has 0 unspecified atom stereocenters. The Morgan fingerprint density at radius 2 is 2.18 bits per heavy atom. The van der Waals surface area contributed by atoms with Crippen LogP contribution in [0.3, 0.4) is 0 Å². The number of hydrogen-bond donors (Lipinski definition) is 3. The first-order valence-electron chi connectivity index (χ1n) is 2.57. The van der Waals surface area contributed by atoms with Gasteiger partial charge in [-0.25, -0.2) is 13.9 Å². The Morgan fingerprint density at radius 1 is 1.55 bits per heavy atom. The Hall–Kier alpha value is -0.310. The van der Waals surface area contributed by atoms with E-state index in [1.54, 1.807) is 4.13 Å². The Balaban J connectivity index is 3.46. The summed E-state index contributed by atoms with van der Waals surface area (Å²) in [5.74, 6) is -0.253. The van der Waals surface area contributed by atoms with Gasteiger partial charge in [-0.3, -0.25) is 9.63 Å². The normalized spacial score (nSPS) is 11.0. The van der Waals surface area contributed by atoms with Crippen LogP contribution in [0.2, 0.25) is 0 Å². The van der Waals surface area contributed by atoms with Gasteiger partial charge in [-0.15, -0.1) is 0 Å². The molecule has 6 nitrogen and oxygen atoms in total. The predicted molar refractivity (Wildman–Crippen MR) is 41.1 cm³/mol. The van der Waals surface area contributed by atoms with Gasteiger partial charge in [0.1, 0.15) is 0 Å². The van der Waals surface area contributed by atoms with Crippen molar-refractivity contribution >= 4 is 29.2 Å². The summed E-state index contributed by atoms with van der Waals surface area (Å²) in [5, 5.41) is 0. The standard InChI is InChI=1S/C3H8N2O4S2/c6-3-4-9-1-2-11(7,8)5-10/h3,5,10H,1-2H2,(H,4,6). The first kappa shape index (κ1) is 10.7. The zero-order valence-corrected chi connectivity index (χ0v) is 7.19. The Labute approximate surface area is 69.8 Å². The Bertz CT molecular complexity index is 201. The summed E-state index contributed by atoms with van der Waals surface area (Å²) in [7, 11) is -3.37. The molecule has 0 aliphatic heterocycles. The minimum absolute atomic E-state index is 0.116. The fraction of sp³-hybridized carbons (Fsp3) is 0.667. The number of nitrogens with one attached hydrogen (secondary N) is 2. The van der Waals surface area contributed by atoms with Crippen molar-refractivity contribution in [1.82, 2.24) is 9.61 Å². The van der Waals surface area contributed by atoms with E-state index in [1.807, 2.05) is 5.48 Å². The maximum absolute atomic E-state index is 10.6. The molecule has 1 amide bonds. The third-order valence-electron chi connectivity index (χ3n) is 0.725. The van der Waals surface area contributed by atoms with E-state index in [4.69, 9.17) is 0 Å². The maximum Gasteiger partial charge on any atom is 0.230 e. The van der Waals surface area contributed by atoms with E-state index in [0.29, 0.717) is 6.41 Å². The van der Waals surface area contributed by atoms with Crippen LogP contribution in [0, 0.1) is 0 Å². The van der Waals surface area contributed by atoms with Crippen LogP contribution in [0.5, 0.6) is 0 Å². The summed E-state index contributed by atoms with van der Waals surface area (Å²) in [4.78, 5) is 13.9. The van der Waals surface area contributed by atoms with E-state index in [9.17, 15) is 13.2 Å². The molecule has 0 heterocycles. The van der Waals surface area contributed by atoms with Crippen LogP contribution in [-0.4, -0.2) is 27.2 Å². The lowest BCUT2D eigenvalue weighted by molar-refractivity contribution is -0.120. The van der Waals surface area contributed by atoms with Crippen molar-refractivity contribution in [2.24, 2.45) is 0 Å². The van der Waals surface area contributed by atoms with Crippen LogP contribution in [0.15, 0.2) is 0 Å². The highest BCUT2D eigenvalue weighted by Gasteiger charge is 2.05. The lowest BCUT2D eigenvalue weighted by Crippen LogP contribution is -2.24. The minimum atomic E-state index is -3.37. The van der Waals surface area contributed by atoms with Gasteiger partial charge >= 0.3 is 0 Å². The van der Waals surface area contributed by atoms with E-state index in [1.165, 1.54) is 0 Å². The SMILES string of the molecule is O=CNOCCS(=O)(=O)NS. The van der Waals surface area contributed by atoms with Crippen LogP contribution >= 0.6 is 12.8 Å². The van der Waals surface area contributed by atoms with Gasteiger partial charge in [0.15, 0.2) is 0 Å². The molecule has 0 atom stereocenters. The lowest BCUT2D eigenvalue weighted by atomic mass is 10.9. The summed E-state index contributed by atoms with van der Waals surface area (Å²) in [5.41, 5.74) is 1.85. The number of carbonyl (C=O) groups excluding carboxylic acids is 1. The van der Waals surface area contributed by atoms with Crippen molar-refractivity contribution in [3.05, 3.63) is 0 Å². The first-order valence-corrected chi connectivity index (χ1v) is 4.67. The maximum atomic E-state index is 10.6. The zero-order valence-electron chi connectivity index (χ0n) is 5.48. The van der Waals surface area contributed by atoms with Gasteiger partial charge in [0.25, 0.3) is 0 Å². The molecular formula is C3H8N2O4S2. The summed E-state index contributed by atoms with van der Waals surface area (Å²) in [6, 6.07) is 0. The minimum Gasteiger partial charge on any atom is -0.277 e. The van der Waals surface area contributed by atoms with E-state index < -0.39 is 10.0 Å². The molecule has 8 heteroatoms. The number of thiol groups is 1. The molecular weight excluding hydrogens is 192 g/mol. The molecule has 0 aromatic carbocycles.